The van der Waals surface area contributed by atoms with Crippen molar-refractivity contribution < 1.29 is 19.6 Å². The molecule has 0 aliphatic rings. The maximum atomic E-state index is 11.9. The molecule has 2 N–H and O–H groups in total. The Morgan fingerprint density at radius 3 is 2.63 bits per heavy atom. The zero-order valence-corrected chi connectivity index (χ0v) is 11.5. The average Bonchev–Trinajstić information content (AvgIpc) is 2.35. The summed E-state index contributed by atoms with van der Waals surface area (Å²) in [6, 6.07) is 2.68. The third-order valence-corrected chi connectivity index (χ3v) is 3.11. The van der Waals surface area contributed by atoms with Crippen molar-refractivity contribution in [3.63, 3.8) is 0 Å². The van der Waals surface area contributed by atoms with Gasteiger partial charge in [0.2, 0.25) is 0 Å². The lowest BCUT2D eigenvalue weighted by atomic mass is 10.1. The first kappa shape index (κ1) is 15.1. The number of aliphatic carboxylic acids is 1. The number of rotatable bonds is 5. The van der Waals surface area contributed by atoms with E-state index in [2.05, 4.69) is 21.2 Å². The lowest BCUT2D eigenvalue weighted by Crippen LogP contribution is -2.40. The van der Waals surface area contributed by atoms with E-state index >= 15 is 0 Å². The summed E-state index contributed by atoms with van der Waals surface area (Å²) in [6.45, 7) is 1.61. The van der Waals surface area contributed by atoms with Crippen LogP contribution in [0.5, 0.6) is 0 Å². The zero-order valence-electron chi connectivity index (χ0n) is 9.92. The molecule has 0 radical (unpaired) electrons. The minimum Gasteiger partial charge on any atom is -0.480 e. The van der Waals surface area contributed by atoms with Crippen LogP contribution in [0, 0.1) is 10.1 Å². The van der Waals surface area contributed by atoms with Gasteiger partial charge in [-0.05, 0) is 28.4 Å². The summed E-state index contributed by atoms with van der Waals surface area (Å²) in [7, 11) is 0. The fraction of sp³-hybridized carbons (Fsp3) is 0.273. The Bertz CT molecular complexity index is 532. The van der Waals surface area contributed by atoms with Crippen molar-refractivity contribution in [2.45, 2.75) is 19.4 Å². The molecule has 1 amide bonds. The van der Waals surface area contributed by atoms with Gasteiger partial charge in [-0.1, -0.05) is 6.92 Å². The molecule has 0 spiro atoms. The second kappa shape index (κ2) is 6.28. The third kappa shape index (κ3) is 3.75. The number of amides is 1. The lowest BCUT2D eigenvalue weighted by Gasteiger charge is -2.12. The van der Waals surface area contributed by atoms with E-state index in [1.54, 1.807) is 6.92 Å². The number of hydrogen-bond donors (Lipinski definition) is 2. The number of nitrogens with one attached hydrogen (secondary N) is 1. The van der Waals surface area contributed by atoms with Crippen LogP contribution in [0.1, 0.15) is 23.7 Å². The highest BCUT2D eigenvalue weighted by molar-refractivity contribution is 9.10. The molecule has 0 saturated heterocycles. The largest absolute Gasteiger partial charge is 0.480 e. The van der Waals surface area contributed by atoms with E-state index in [1.165, 1.54) is 12.1 Å². The van der Waals surface area contributed by atoms with Crippen molar-refractivity contribution in [1.82, 2.24) is 5.32 Å². The normalized spacial score (nSPS) is 11.7. The summed E-state index contributed by atoms with van der Waals surface area (Å²) in [5, 5.41) is 21.8. The number of carbonyl (C=O) groups is 2. The van der Waals surface area contributed by atoms with Crippen LogP contribution in [0.25, 0.3) is 0 Å². The van der Waals surface area contributed by atoms with Gasteiger partial charge >= 0.3 is 5.97 Å². The Morgan fingerprint density at radius 1 is 1.53 bits per heavy atom. The molecule has 1 aromatic carbocycles. The Morgan fingerprint density at radius 2 is 2.16 bits per heavy atom. The van der Waals surface area contributed by atoms with Crippen LogP contribution >= 0.6 is 15.9 Å². The Kier molecular flexibility index (Phi) is 4.99. The molecule has 102 valence electrons. The second-order valence-electron chi connectivity index (χ2n) is 3.69. The average molecular weight is 331 g/mol. The second-order valence-corrected chi connectivity index (χ2v) is 4.55. The van der Waals surface area contributed by atoms with Crippen molar-refractivity contribution in [3.8, 4) is 0 Å². The fourth-order valence-electron chi connectivity index (χ4n) is 1.38. The van der Waals surface area contributed by atoms with Gasteiger partial charge in [0.1, 0.15) is 6.04 Å². The number of non-ortho nitro benzene ring substituents is 1. The minimum absolute atomic E-state index is 0.0221. The van der Waals surface area contributed by atoms with Crippen molar-refractivity contribution in [2.75, 3.05) is 0 Å². The summed E-state index contributed by atoms with van der Waals surface area (Å²) in [5.74, 6) is -1.83. The highest BCUT2D eigenvalue weighted by Crippen LogP contribution is 2.22. The number of carboxylic acids is 1. The van der Waals surface area contributed by atoms with Gasteiger partial charge < -0.3 is 10.4 Å². The zero-order chi connectivity index (χ0) is 14.6. The summed E-state index contributed by atoms with van der Waals surface area (Å²) >= 11 is 3.10. The van der Waals surface area contributed by atoms with E-state index in [0.717, 1.165) is 6.07 Å². The molecule has 0 bridgehead atoms. The lowest BCUT2D eigenvalue weighted by molar-refractivity contribution is -0.384. The van der Waals surface area contributed by atoms with E-state index in [0.29, 0.717) is 4.47 Å². The van der Waals surface area contributed by atoms with E-state index in [9.17, 15) is 19.7 Å². The first-order valence-electron chi connectivity index (χ1n) is 5.34. The number of carbonyl (C=O) groups excluding carboxylic acids is 1. The van der Waals surface area contributed by atoms with Gasteiger partial charge in [0.25, 0.3) is 11.6 Å². The van der Waals surface area contributed by atoms with Crippen LogP contribution in [-0.2, 0) is 4.79 Å². The molecule has 7 nitrogen and oxygen atoms in total. The smallest absolute Gasteiger partial charge is 0.326 e. The Labute approximate surface area is 116 Å². The van der Waals surface area contributed by atoms with E-state index < -0.39 is 22.8 Å². The number of nitro benzene ring substituents is 1. The van der Waals surface area contributed by atoms with Gasteiger partial charge in [0.15, 0.2) is 0 Å². The summed E-state index contributed by atoms with van der Waals surface area (Å²) in [4.78, 5) is 32.7. The molecule has 1 rings (SSSR count). The van der Waals surface area contributed by atoms with Crippen LogP contribution in [0.15, 0.2) is 22.7 Å². The van der Waals surface area contributed by atoms with Crippen molar-refractivity contribution in [2.24, 2.45) is 0 Å². The maximum absolute atomic E-state index is 11.9. The molecule has 0 unspecified atom stereocenters. The van der Waals surface area contributed by atoms with Crippen LogP contribution in [0.4, 0.5) is 5.69 Å². The van der Waals surface area contributed by atoms with Crippen molar-refractivity contribution in [1.29, 1.82) is 0 Å². The molecule has 0 heterocycles. The summed E-state index contributed by atoms with van der Waals surface area (Å²) in [6.07, 6.45) is 0.216. The Hall–Kier alpha value is -1.96. The maximum Gasteiger partial charge on any atom is 0.326 e. The highest BCUT2D eigenvalue weighted by atomic mass is 79.9. The molecule has 1 aromatic rings. The van der Waals surface area contributed by atoms with Crippen molar-refractivity contribution >= 4 is 33.5 Å². The number of halogens is 1. The van der Waals surface area contributed by atoms with Crippen LogP contribution in [-0.4, -0.2) is 27.9 Å². The highest BCUT2D eigenvalue weighted by Gasteiger charge is 2.21. The monoisotopic (exact) mass is 330 g/mol. The SMILES string of the molecule is CC[C@@H](NC(=O)c1cc([N+](=O)[O-])ccc1Br)C(=O)O. The number of nitrogens with zero attached hydrogens (tertiary/aromatic N) is 1. The molecular formula is C11H11BrN2O5. The predicted octanol–water partition coefficient (Wildman–Crippen LogP) is 1.95. The van der Waals surface area contributed by atoms with Crippen molar-refractivity contribution in [3.05, 3.63) is 38.3 Å². The third-order valence-electron chi connectivity index (χ3n) is 2.42. The number of carboxylic acid groups (broad SMARTS) is 1. The molecule has 0 aromatic heterocycles. The van der Waals surface area contributed by atoms with Gasteiger partial charge in [-0.2, -0.15) is 0 Å². The van der Waals surface area contributed by atoms with Gasteiger partial charge in [0.05, 0.1) is 10.5 Å². The molecule has 8 heteroatoms. The first-order chi connectivity index (χ1) is 8.86. The molecular weight excluding hydrogens is 320 g/mol. The topological polar surface area (TPSA) is 110 Å². The molecule has 0 saturated carbocycles. The summed E-state index contributed by atoms with van der Waals surface area (Å²) < 4.78 is 0.357. The van der Waals surface area contributed by atoms with E-state index in [1.807, 2.05) is 0 Å². The molecule has 0 fully saturated rings. The van der Waals surface area contributed by atoms with Crippen LogP contribution in [0.2, 0.25) is 0 Å². The van der Waals surface area contributed by atoms with E-state index in [4.69, 9.17) is 5.11 Å². The van der Waals surface area contributed by atoms with Gasteiger partial charge in [-0.15, -0.1) is 0 Å². The molecule has 1 atom stereocenters. The van der Waals surface area contributed by atoms with Crippen LogP contribution < -0.4 is 5.32 Å². The minimum atomic E-state index is -1.16. The van der Waals surface area contributed by atoms with Gasteiger partial charge in [-0.3, -0.25) is 14.9 Å². The standard InChI is InChI=1S/C11H11BrN2O5/c1-2-9(11(16)17)13-10(15)7-5-6(14(18)19)3-4-8(7)12/h3-5,9H,2H2,1H3,(H,13,15)(H,16,17)/t9-/m1/s1. The predicted molar refractivity (Wildman–Crippen MR) is 70.0 cm³/mol. The van der Waals surface area contributed by atoms with E-state index in [-0.39, 0.29) is 17.7 Å². The summed E-state index contributed by atoms with van der Waals surface area (Å²) in [5.41, 5.74) is -0.217. The van der Waals surface area contributed by atoms with Gasteiger partial charge in [-0.25, -0.2) is 4.79 Å². The molecule has 0 aliphatic heterocycles. The number of hydrogen-bond acceptors (Lipinski definition) is 4. The Balaban J connectivity index is 3.02. The first-order valence-corrected chi connectivity index (χ1v) is 6.13. The van der Waals surface area contributed by atoms with Crippen LogP contribution in [0.3, 0.4) is 0 Å². The molecule has 0 aliphatic carbocycles. The molecule has 19 heavy (non-hydrogen) atoms. The fourth-order valence-corrected chi connectivity index (χ4v) is 1.80. The number of benzene rings is 1. The number of nitro groups is 1. The van der Waals surface area contributed by atoms with Gasteiger partial charge in [0, 0.05) is 16.6 Å². The quantitative estimate of drug-likeness (QED) is 0.633.